The first-order valence-electron chi connectivity index (χ1n) is 12.1. The number of fused-ring (bicyclic) bond motifs is 3. The van der Waals surface area contributed by atoms with E-state index in [0.717, 1.165) is 24.8 Å². The first-order chi connectivity index (χ1) is 16.2. The monoisotopic (exact) mass is 464 g/mol. The van der Waals surface area contributed by atoms with E-state index in [1.165, 1.54) is 0 Å². The summed E-state index contributed by atoms with van der Waals surface area (Å²) in [6.07, 6.45) is 2.46. The average Bonchev–Trinajstić information content (AvgIpc) is 3.15. The van der Waals surface area contributed by atoms with Crippen LogP contribution in [0.15, 0.2) is 24.3 Å². The highest BCUT2D eigenvalue weighted by molar-refractivity contribution is 5.94. The van der Waals surface area contributed by atoms with Crippen LogP contribution in [0.4, 0.5) is 0 Å². The number of nitriles is 1. The minimum atomic E-state index is -0.727. The van der Waals surface area contributed by atoms with Gasteiger partial charge in [0.2, 0.25) is 11.8 Å². The SMILES string of the molecule is C[C@@H](c1ccc(C(=O)N(C)C)cc1)N1C(=O)[C@H]2C[C@@H]1CN2C[C@H](N)C(=O)N1[C@H](C#N)CC2C[C@@H]21. The van der Waals surface area contributed by atoms with Gasteiger partial charge in [0.15, 0.2) is 0 Å². The Morgan fingerprint density at radius 1 is 1.21 bits per heavy atom. The van der Waals surface area contributed by atoms with Crippen LogP contribution in [-0.2, 0) is 9.59 Å². The fourth-order valence-electron chi connectivity index (χ4n) is 6.13. The van der Waals surface area contributed by atoms with Gasteiger partial charge in [-0.05, 0) is 49.8 Å². The summed E-state index contributed by atoms with van der Waals surface area (Å²) in [5.74, 6) is 0.305. The van der Waals surface area contributed by atoms with Gasteiger partial charge in [-0.3, -0.25) is 19.3 Å². The molecule has 34 heavy (non-hydrogen) atoms. The third-order valence-corrected chi connectivity index (χ3v) is 8.03. The summed E-state index contributed by atoms with van der Waals surface area (Å²) >= 11 is 0. The molecule has 0 aromatic heterocycles. The first-order valence-corrected chi connectivity index (χ1v) is 12.1. The fraction of sp³-hybridized carbons (Fsp3) is 0.600. The molecule has 180 valence electrons. The smallest absolute Gasteiger partial charge is 0.253 e. The van der Waals surface area contributed by atoms with Crippen molar-refractivity contribution in [3.05, 3.63) is 35.4 Å². The lowest BCUT2D eigenvalue weighted by Crippen LogP contribution is -2.57. The van der Waals surface area contributed by atoms with Crippen molar-refractivity contribution in [1.29, 1.82) is 5.26 Å². The zero-order valence-corrected chi connectivity index (χ0v) is 19.9. The molecule has 1 aromatic carbocycles. The second kappa shape index (κ2) is 8.36. The fourth-order valence-corrected chi connectivity index (χ4v) is 6.13. The number of carbonyl (C=O) groups excluding carboxylic acids is 3. The lowest BCUT2D eigenvalue weighted by atomic mass is 10.0. The van der Waals surface area contributed by atoms with E-state index in [1.54, 1.807) is 36.0 Å². The molecule has 0 radical (unpaired) electrons. The molecular formula is C25H32N6O3. The van der Waals surface area contributed by atoms with Crippen molar-refractivity contribution in [1.82, 2.24) is 19.6 Å². The highest BCUT2D eigenvalue weighted by Crippen LogP contribution is 2.48. The molecule has 4 fully saturated rings. The van der Waals surface area contributed by atoms with Gasteiger partial charge in [-0.2, -0.15) is 5.26 Å². The molecule has 1 saturated carbocycles. The third-order valence-electron chi connectivity index (χ3n) is 8.03. The van der Waals surface area contributed by atoms with Gasteiger partial charge in [0, 0.05) is 44.8 Å². The van der Waals surface area contributed by atoms with Crippen LogP contribution in [0.1, 0.15) is 48.1 Å². The molecule has 3 aliphatic heterocycles. The maximum atomic E-state index is 13.3. The predicted molar refractivity (Wildman–Crippen MR) is 124 cm³/mol. The summed E-state index contributed by atoms with van der Waals surface area (Å²) in [6.45, 7) is 3.04. The number of piperidine rings is 1. The van der Waals surface area contributed by atoms with Crippen molar-refractivity contribution in [3.63, 3.8) is 0 Å². The predicted octanol–water partition coefficient (Wildman–Crippen LogP) is 0.575. The van der Waals surface area contributed by atoms with Crippen molar-refractivity contribution >= 4 is 17.7 Å². The number of carbonyl (C=O) groups is 3. The molecule has 3 heterocycles. The van der Waals surface area contributed by atoms with Crippen LogP contribution in [0.25, 0.3) is 0 Å². The Labute approximate surface area is 200 Å². The van der Waals surface area contributed by atoms with Gasteiger partial charge in [0.25, 0.3) is 5.91 Å². The molecule has 3 amide bonds. The number of nitrogens with zero attached hydrogens (tertiary/aromatic N) is 5. The van der Waals surface area contributed by atoms with Gasteiger partial charge in [-0.25, -0.2) is 0 Å². The molecule has 2 bridgehead atoms. The van der Waals surface area contributed by atoms with E-state index in [0.29, 0.717) is 24.6 Å². The van der Waals surface area contributed by atoms with Crippen LogP contribution in [0, 0.1) is 17.2 Å². The third kappa shape index (κ3) is 3.65. The van der Waals surface area contributed by atoms with Crippen molar-refractivity contribution < 1.29 is 14.4 Å². The molecule has 0 spiro atoms. The Bertz CT molecular complexity index is 1050. The lowest BCUT2D eigenvalue weighted by molar-refractivity contribution is -0.141. The van der Waals surface area contributed by atoms with Crippen molar-refractivity contribution in [2.45, 2.75) is 62.4 Å². The van der Waals surface area contributed by atoms with E-state index >= 15 is 0 Å². The minimum absolute atomic E-state index is 0.0516. The summed E-state index contributed by atoms with van der Waals surface area (Å²) in [5.41, 5.74) is 7.91. The van der Waals surface area contributed by atoms with E-state index in [4.69, 9.17) is 5.73 Å². The summed E-state index contributed by atoms with van der Waals surface area (Å²) in [4.78, 5) is 45.6. The quantitative estimate of drug-likeness (QED) is 0.659. The number of amides is 3. The summed E-state index contributed by atoms with van der Waals surface area (Å²) < 4.78 is 0. The Morgan fingerprint density at radius 3 is 2.53 bits per heavy atom. The molecule has 3 saturated heterocycles. The van der Waals surface area contributed by atoms with Crippen molar-refractivity contribution in [2.75, 3.05) is 27.2 Å². The molecule has 4 aliphatic rings. The largest absolute Gasteiger partial charge is 0.345 e. The topological polar surface area (TPSA) is 114 Å². The maximum Gasteiger partial charge on any atom is 0.253 e. The number of nitrogens with two attached hydrogens (primary N) is 1. The van der Waals surface area contributed by atoms with Crippen molar-refractivity contribution in [2.24, 2.45) is 11.7 Å². The highest BCUT2D eigenvalue weighted by atomic mass is 16.2. The summed E-state index contributed by atoms with van der Waals surface area (Å²) in [7, 11) is 3.44. The van der Waals surface area contributed by atoms with Gasteiger partial charge in [-0.1, -0.05) is 12.1 Å². The van der Waals surface area contributed by atoms with Crippen LogP contribution in [0.2, 0.25) is 0 Å². The standard InChI is InChI=1S/C25H32N6O3/c1-14(15-4-6-16(7-5-15)23(32)28(2)3)30-19-10-22(25(30)34)29(12-19)13-20(27)24(33)31-18(11-26)8-17-9-21(17)31/h4-7,14,17-22H,8-10,12-13,27H2,1-3H3/t14-,17?,18-,19+,20-,21-,22+/m0/s1. The van der Waals surface area contributed by atoms with Crippen LogP contribution in [0.5, 0.6) is 0 Å². The highest BCUT2D eigenvalue weighted by Gasteiger charge is 2.56. The normalized spacial score (nSPS) is 31.3. The van der Waals surface area contributed by atoms with Crippen molar-refractivity contribution in [3.8, 4) is 6.07 Å². The van der Waals surface area contributed by atoms with E-state index in [-0.39, 0.29) is 47.9 Å². The maximum absolute atomic E-state index is 13.3. The Balaban J connectivity index is 1.21. The number of likely N-dealkylation sites (tertiary alicyclic amines) is 3. The zero-order chi connectivity index (χ0) is 24.3. The molecule has 1 unspecified atom stereocenters. The number of benzene rings is 1. The van der Waals surface area contributed by atoms with Gasteiger partial charge >= 0.3 is 0 Å². The Hall–Kier alpha value is -2.96. The summed E-state index contributed by atoms with van der Waals surface area (Å²) in [5, 5.41) is 9.39. The second-order valence-corrected chi connectivity index (χ2v) is 10.4. The number of rotatable bonds is 6. The van der Waals surface area contributed by atoms with Gasteiger partial charge in [0.05, 0.1) is 24.2 Å². The molecular weight excluding hydrogens is 432 g/mol. The summed E-state index contributed by atoms with van der Waals surface area (Å²) in [6, 6.07) is 8.48. The Morgan fingerprint density at radius 2 is 1.91 bits per heavy atom. The van der Waals surface area contributed by atoms with Gasteiger partial charge in [-0.15, -0.1) is 0 Å². The second-order valence-electron chi connectivity index (χ2n) is 10.4. The first kappa shape index (κ1) is 22.8. The van der Waals surface area contributed by atoms with Crippen LogP contribution in [0.3, 0.4) is 0 Å². The van der Waals surface area contributed by atoms with E-state index in [1.807, 2.05) is 28.9 Å². The molecule has 2 N–H and O–H groups in total. The zero-order valence-electron chi connectivity index (χ0n) is 19.9. The molecule has 5 rings (SSSR count). The van der Waals surface area contributed by atoms with Crippen LogP contribution in [-0.4, -0.2) is 94.7 Å². The molecule has 7 atom stereocenters. The number of piperazine rings is 1. The van der Waals surface area contributed by atoms with Crippen LogP contribution >= 0.6 is 0 Å². The van der Waals surface area contributed by atoms with Gasteiger partial charge < -0.3 is 20.4 Å². The van der Waals surface area contributed by atoms with Gasteiger partial charge in [0.1, 0.15) is 6.04 Å². The minimum Gasteiger partial charge on any atom is -0.345 e. The molecule has 1 aliphatic carbocycles. The van der Waals surface area contributed by atoms with E-state index < -0.39 is 6.04 Å². The molecule has 9 heteroatoms. The Kier molecular flexibility index (Phi) is 5.61. The van der Waals surface area contributed by atoms with E-state index in [9.17, 15) is 19.6 Å². The average molecular weight is 465 g/mol. The van der Waals surface area contributed by atoms with Crippen LogP contribution < -0.4 is 5.73 Å². The molecule has 9 nitrogen and oxygen atoms in total. The number of hydrogen-bond donors (Lipinski definition) is 1. The van der Waals surface area contributed by atoms with E-state index in [2.05, 4.69) is 6.07 Å². The number of hydrogen-bond acceptors (Lipinski definition) is 6. The molecule has 1 aromatic rings. The lowest BCUT2D eigenvalue weighted by Gasteiger charge is -2.38.